The first-order chi connectivity index (χ1) is 13.4. The van der Waals surface area contributed by atoms with Gasteiger partial charge in [-0.15, -0.1) is 0 Å². The number of hydrogen-bond donors (Lipinski definition) is 2. The lowest BCUT2D eigenvalue weighted by atomic mass is 10.1. The third-order valence-electron chi connectivity index (χ3n) is 4.47. The number of ether oxygens (including phenoxy) is 1. The maximum atomic E-state index is 11.1. The molecule has 0 radical (unpaired) electrons. The summed E-state index contributed by atoms with van der Waals surface area (Å²) in [6.45, 7) is 4.73. The molecule has 0 atom stereocenters. The maximum Gasteiger partial charge on any atom is 0.347 e. The van der Waals surface area contributed by atoms with Crippen molar-refractivity contribution in [1.29, 1.82) is 0 Å². The molecule has 3 aromatic rings. The van der Waals surface area contributed by atoms with Gasteiger partial charge < -0.3 is 19.6 Å². The molecular weight excluding hydrogens is 356 g/mol. The smallest absolute Gasteiger partial charge is 0.347 e. The van der Waals surface area contributed by atoms with Crippen LogP contribution in [0.15, 0.2) is 52.9 Å². The molecule has 6 nitrogen and oxygen atoms in total. The van der Waals surface area contributed by atoms with E-state index in [4.69, 9.17) is 14.3 Å². The molecule has 0 amide bonds. The molecule has 0 aliphatic carbocycles. The molecule has 0 unspecified atom stereocenters. The molecule has 0 saturated carbocycles. The van der Waals surface area contributed by atoms with Gasteiger partial charge in [0.1, 0.15) is 11.3 Å². The van der Waals surface area contributed by atoms with Crippen molar-refractivity contribution in [2.45, 2.75) is 45.3 Å². The van der Waals surface area contributed by atoms with E-state index in [1.807, 2.05) is 36.4 Å². The number of carbonyl (C=O) groups is 1. The lowest BCUT2D eigenvalue weighted by Crippen LogP contribution is -2.37. The summed E-state index contributed by atoms with van der Waals surface area (Å²) in [6.07, 6.45) is 2.88. The Morgan fingerprint density at radius 2 is 1.89 bits per heavy atom. The average molecular weight is 382 g/mol. The van der Waals surface area contributed by atoms with Crippen LogP contribution in [0.1, 0.15) is 38.1 Å². The van der Waals surface area contributed by atoms with Crippen molar-refractivity contribution >= 4 is 17.1 Å². The van der Waals surface area contributed by atoms with Crippen LogP contribution in [0.25, 0.3) is 11.1 Å². The summed E-state index contributed by atoms with van der Waals surface area (Å²) in [4.78, 5) is 15.6. The van der Waals surface area contributed by atoms with Gasteiger partial charge in [0.15, 0.2) is 17.1 Å². The van der Waals surface area contributed by atoms with Gasteiger partial charge in [-0.2, -0.15) is 0 Å². The van der Waals surface area contributed by atoms with E-state index in [9.17, 15) is 4.79 Å². The molecule has 1 aromatic heterocycles. The van der Waals surface area contributed by atoms with Gasteiger partial charge in [0, 0.05) is 13.0 Å². The van der Waals surface area contributed by atoms with Gasteiger partial charge in [0.25, 0.3) is 0 Å². The summed E-state index contributed by atoms with van der Waals surface area (Å²) in [6, 6.07) is 15.3. The lowest BCUT2D eigenvalue weighted by Gasteiger charge is -2.21. The SMILES string of the molecule is CC(C)(Oc1ccc(CNCCCCc2nc3ccccc3o2)cc1)C(=O)O. The van der Waals surface area contributed by atoms with Crippen LogP contribution >= 0.6 is 0 Å². The Kier molecular flexibility index (Phi) is 6.31. The molecule has 0 fully saturated rings. The molecule has 28 heavy (non-hydrogen) atoms. The second kappa shape index (κ2) is 8.89. The van der Waals surface area contributed by atoms with Crippen molar-refractivity contribution in [3.8, 4) is 5.75 Å². The molecule has 3 rings (SSSR count). The maximum absolute atomic E-state index is 11.1. The minimum absolute atomic E-state index is 0.550. The second-order valence-electron chi connectivity index (χ2n) is 7.27. The molecule has 1 heterocycles. The number of aliphatic carboxylic acids is 1. The third-order valence-corrected chi connectivity index (χ3v) is 4.47. The number of hydrogen-bond acceptors (Lipinski definition) is 5. The number of rotatable bonds is 10. The highest BCUT2D eigenvalue weighted by Crippen LogP contribution is 2.19. The normalized spacial score (nSPS) is 11.6. The van der Waals surface area contributed by atoms with Crippen LogP contribution in [0.5, 0.6) is 5.75 Å². The van der Waals surface area contributed by atoms with E-state index >= 15 is 0 Å². The number of nitrogens with zero attached hydrogens (tertiary/aromatic N) is 1. The average Bonchev–Trinajstić information content (AvgIpc) is 3.08. The topological polar surface area (TPSA) is 84.6 Å². The number of aryl methyl sites for hydroxylation is 1. The number of oxazole rings is 1. The fraction of sp³-hybridized carbons (Fsp3) is 0.364. The highest BCUT2D eigenvalue weighted by atomic mass is 16.5. The van der Waals surface area contributed by atoms with Crippen LogP contribution in [0.3, 0.4) is 0 Å². The van der Waals surface area contributed by atoms with E-state index in [2.05, 4.69) is 10.3 Å². The van der Waals surface area contributed by atoms with Crippen LogP contribution in [-0.2, 0) is 17.8 Å². The van der Waals surface area contributed by atoms with Gasteiger partial charge in [-0.25, -0.2) is 9.78 Å². The largest absolute Gasteiger partial charge is 0.478 e. The number of nitrogens with one attached hydrogen (secondary N) is 1. The predicted molar refractivity (Wildman–Crippen MR) is 107 cm³/mol. The Morgan fingerprint density at radius 3 is 2.61 bits per heavy atom. The first-order valence-corrected chi connectivity index (χ1v) is 9.50. The standard InChI is InChI=1S/C22H26N2O4/c1-22(2,21(25)26)28-17-12-10-16(11-13-17)15-23-14-6-5-9-20-24-18-7-3-4-8-19(18)27-20/h3-4,7-8,10-13,23H,5-6,9,14-15H2,1-2H3,(H,25,26). The monoisotopic (exact) mass is 382 g/mol. The number of fused-ring (bicyclic) bond motifs is 1. The number of aromatic nitrogens is 1. The van der Waals surface area contributed by atoms with Crippen LogP contribution in [0.4, 0.5) is 0 Å². The number of carboxylic acid groups (broad SMARTS) is 1. The Labute approximate surface area is 164 Å². The highest BCUT2D eigenvalue weighted by Gasteiger charge is 2.29. The number of benzene rings is 2. The van der Waals surface area contributed by atoms with Crippen molar-refractivity contribution < 1.29 is 19.1 Å². The van der Waals surface area contributed by atoms with Gasteiger partial charge in [-0.3, -0.25) is 0 Å². The molecule has 0 aliphatic heterocycles. The Hall–Kier alpha value is -2.86. The van der Waals surface area contributed by atoms with Crippen molar-refractivity contribution in [2.24, 2.45) is 0 Å². The van der Waals surface area contributed by atoms with Crippen molar-refractivity contribution in [3.05, 3.63) is 60.0 Å². The summed E-state index contributed by atoms with van der Waals surface area (Å²) >= 11 is 0. The first-order valence-electron chi connectivity index (χ1n) is 9.50. The van der Waals surface area contributed by atoms with Gasteiger partial charge in [0.05, 0.1) is 0 Å². The summed E-state index contributed by atoms with van der Waals surface area (Å²) in [5.74, 6) is 0.353. The second-order valence-corrected chi connectivity index (χ2v) is 7.27. The number of unbranched alkanes of at least 4 members (excludes halogenated alkanes) is 1. The zero-order valence-corrected chi connectivity index (χ0v) is 16.3. The minimum Gasteiger partial charge on any atom is -0.478 e. The molecule has 6 heteroatoms. The van der Waals surface area contributed by atoms with Gasteiger partial charge in [-0.05, 0) is 63.1 Å². The van der Waals surface area contributed by atoms with E-state index in [1.165, 1.54) is 13.8 Å². The van der Waals surface area contributed by atoms with E-state index in [0.717, 1.165) is 54.9 Å². The Morgan fingerprint density at radius 1 is 1.14 bits per heavy atom. The van der Waals surface area contributed by atoms with Crippen molar-refractivity contribution in [1.82, 2.24) is 10.3 Å². The summed E-state index contributed by atoms with van der Waals surface area (Å²) < 4.78 is 11.2. The molecule has 0 spiro atoms. The van der Waals surface area contributed by atoms with Crippen LogP contribution in [0, 0.1) is 0 Å². The predicted octanol–water partition coefficient (Wildman–Crippen LogP) is 4.18. The van der Waals surface area contributed by atoms with Crippen LogP contribution < -0.4 is 10.1 Å². The summed E-state index contributed by atoms with van der Waals surface area (Å²) in [5.41, 5.74) is 1.64. The van der Waals surface area contributed by atoms with E-state index in [1.54, 1.807) is 12.1 Å². The number of para-hydroxylation sites is 2. The molecule has 2 N–H and O–H groups in total. The molecule has 0 aliphatic rings. The van der Waals surface area contributed by atoms with Gasteiger partial charge >= 0.3 is 5.97 Å². The third kappa shape index (κ3) is 5.33. The first kappa shape index (κ1) is 19.9. The van der Waals surface area contributed by atoms with E-state index < -0.39 is 11.6 Å². The fourth-order valence-electron chi connectivity index (χ4n) is 2.80. The zero-order chi connectivity index (χ0) is 20.0. The fourth-order valence-corrected chi connectivity index (χ4v) is 2.80. The molecule has 148 valence electrons. The van der Waals surface area contributed by atoms with Crippen molar-refractivity contribution in [2.75, 3.05) is 6.54 Å². The van der Waals surface area contributed by atoms with E-state index in [0.29, 0.717) is 5.75 Å². The molecular formula is C22H26N2O4. The quantitative estimate of drug-likeness (QED) is 0.512. The van der Waals surface area contributed by atoms with E-state index in [-0.39, 0.29) is 0 Å². The van der Waals surface area contributed by atoms with Crippen molar-refractivity contribution in [3.63, 3.8) is 0 Å². The number of carboxylic acids is 1. The Balaban J connectivity index is 1.35. The van der Waals surface area contributed by atoms with Crippen LogP contribution in [-0.4, -0.2) is 28.2 Å². The highest BCUT2D eigenvalue weighted by molar-refractivity contribution is 5.76. The Bertz CT molecular complexity index is 883. The van der Waals surface area contributed by atoms with Gasteiger partial charge in [0.2, 0.25) is 0 Å². The summed E-state index contributed by atoms with van der Waals surface area (Å²) in [7, 11) is 0. The lowest BCUT2D eigenvalue weighted by molar-refractivity contribution is -0.152. The summed E-state index contributed by atoms with van der Waals surface area (Å²) in [5, 5.41) is 12.5. The molecule has 0 saturated heterocycles. The molecule has 0 bridgehead atoms. The van der Waals surface area contributed by atoms with Crippen LogP contribution in [0.2, 0.25) is 0 Å². The molecule has 2 aromatic carbocycles. The van der Waals surface area contributed by atoms with Gasteiger partial charge in [-0.1, -0.05) is 24.3 Å². The zero-order valence-electron chi connectivity index (χ0n) is 16.3. The minimum atomic E-state index is -1.24.